The number of pyridine rings is 1. The van der Waals surface area contributed by atoms with Crippen molar-refractivity contribution in [1.29, 1.82) is 0 Å². The van der Waals surface area contributed by atoms with Crippen molar-refractivity contribution in [3.8, 4) is 11.3 Å². The van der Waals surface area contributed by atoms with E-state index in [-0.39, 0.29) is 5.56 Å². The molecule has 0 amide bonds. The van der Waals surface area contributed by atoms with Crippen molar-refractivity contribution in [2.24, 2.45) is 0 Å². The number of hydrogen-bond acceptors (Lipinski definition) is 3. The molecule has 5 nitrogen and oxygen atoms in total. The molecule has 1 saturated heterocycles. The Bertz CT molecular complexity index is 1170. The van der Waals surface area contributed by atoms with Crippen LogP contribution in [-0.2, 0) is 11.3 Å². The number of para-hydroxylation sites is 1. The summed E-state index contributed by atoms with van der Waals surface area (Å²) in [4.78, 5) is 18.9. The fourth-order valence-electron chi connectivity index (χ4n) is 3.74. The van der Waals surface area contributed by atoms with Crippen LogP contribution in [0.1, 0.15) is 12.0 Å². The zero-order valence-corrected chi connectivity index (χ0v) is 14.9. The van der Waals surface area contributed by atoms with Gasteiger partial charge in [-0.2, -0.15) is 0 Å². The smallest absolute Gasteiger partial charge is 0.257 e. The Balaban J connectivity index is 1.47. The maximum Gasteiger partial charge on any atom is 0.257 e. The highest BCUT2D eigenvalue weighted by atomic mass is 16.5. The second kappa shape index (κ2) is 6.68. The van der Waals surface area contributed by atoms with Gasteiger partial charge in [0.1, 0.15) is 0 Å². The summed E-state index contributed by atoms with van der Waals surface area (Å²) in [5, 5.41) is 5.67. The number of H-pyrrole nitrogens is 2. The first-order chi connectivity index (χ1) is 13.3. The molecule has 3 N–H and O–H groups in total. The fraction of sp³-hybridized carbons (Fsp3) is 0.227. The van der Waals surface area contributed by atoms with Crippen molar-refractivity contribution in [1.82, 2.24) is 15.3 Å². The molecule has 0 saturated carbocycles. The van der Waals surface area contributed by atoms with Gasteiger partial charge in [0.15, 0.2) is 0 Å². The van der Waals surface area contributed by atoms with Gasteiger partial charge in [0.2, 0.25) is 0 Å². The topological polar surface area (TPSA) is 69.9 Å². The van der Waals surface area contributed by atoms with Crippen LogP contribution in [0.3, 0.4) is 0 Å². The van der Waals surface area contributed by atoms with E-state index < -0.39 is 0 Å². The van der Waals surface area contributed by atoms with Crippen molar-refractivity contribution in [2.75, 3.05) is 13.2 Å². The summed E-state index contributed by atoms with van der Waals surface area (Å²) in [6.45, 7) is 2.46. The quantitative estimate of drug-likeness (QED) is 0.522. The van der Waals surface area contributed by atoms with Crippen LogP contribution in [0.15, 0.2) is 59.4 Å². The van der Waals surface area contributed by atoms with E-state index in [0.717, 1.165) is 53.7 Å². The molecule has 4 aromatic rings. The number of ether oxygens (including phenoxy) is 1. The molecule has 2 aromatic heterocycles. The van der Waals surface area contributed by atoms with Gasteiger partial charge >= 0.3 is 0 Å². The average molecular weight is 359 g/mol. The van der Waals surface area contributed by atoms with Crippen LogP contribution in [0.2, 0.25) is 0 Å². The number of hydrogen-bond donors (Lipinski definition) is 3. The fourth-order valence-corrected chi connectivity index (χ4v) is 3.74. The zero-order chi connectivity index (χ0) is 18.2. The molecule has 136 valence electrons. The Morgan fingerprint density at radius 3 is 2.78 bits per heavy atom. The molecule has 1 atom stereocenters. The molecular weight excluding hydrogens is 338 g/mol. The van der Waals surface area contributed by atoms with Gasteiger partial charge in [0.25, 0.3) is 5.56 Å². The van der Waals surface area contributed by atoms with Gasteiger partial charge in [-0.15, -0.1) is 0 Å². The lowest BCUT2D eigenvalue weighted by Crippen LogP contribution is -2.28. The predicted octanol–water partition coefficient (Wildman–Crippen LogP) is 3.55. The summed E-state index contributed by atoms with van der Waals surface area (Å²) in [5.74, 6) is 0. The third kappa shape index (κ3) is 3.16. The number of aromatic amines is 2. The molecule has 0 spiro atoms. The van der Waals surface area contributed by atoms with E-state index >= 15 is 0 Å². The van der Waals surface area contributed by atoms with Gasteiger partial charge in [-0.05, 0) is 47.7 Å². The summed E-state index contributed by atoms with van der Waals surface area (Å²) < 4.78 is 5.41. The largest absolute Gasteiger partial charge is 0.380 e. The Morgan fingerprint density at radius 1 is 1.00 bits per heavy atom. The minimum Gasteiger partial charge on any atom is -0.380 e. The molecule has 5 rings (SSSR count). The Labute approximate surface area is 156 Å². The zero-order valence-electron chi connectivity index (χ0n) is 14.9. The summed E-state index contributed by atoms with van der Waals surface area (Å²) in [6, 6.07) is 18.6. The second-order valence-electron chi connectivity index (χ2n) is 7.15. The number of fused-ring (bicyclic) bond motifs is 2. The Hall–Kier alpha value is -2.89. The Kier molecular flexibility index (Phi) is 4.03. The van der Waals surface area contributed by atoms with Crippen molar-refractivity contribution in [3.05, 3.63) is 70.5 Å². The maximum atomic E-state index is 12.5. The van der Waals surface area contributed by atoms with E-state index in [1.54, 1.807) is 0 Å². The average Bonchev–Trinajstić information content (AvgIpc) is 3.35. The number of benzene rings is 2. The van der Waals surface area contributed by atoms with Crippen molar-refractivity contribution in [2.45, 2.75) is 19.0 Å². The van der Waals surface area contributed by atoms with Gasteiger partial charge < -0.3 is 20.0 Å². The summed E-state index contributed by atoms with van der Waals surface area (Å²) in [6.07, 6.45) is 1.07. The van der Waals surface area contributed by atoms with E-state index in [0.29, 0.717) is 11.6 Å². The van der Waals surface area contributed by atoms with Crippen molar-refractivity contribution in [3.63, 3.8) is 0 Å². The highest BCUT2D eigenvalue weighted by Crippen LogP contribution is 2.25. The van der Waals surface area contributed by atoms with Gasteiger partial charge in [-0.25, -0.2) is 0 Å². The third-order valence-corrected chi connectivity index (χ3v) is 5.25. The standard InChI is InChI=1S/C22H21N3O2/c26-22-18(10-15-3-1-2-4-19(15)25-22)21-11-16-9-14(5-6-20(16)24-21)12-23-17-7-8-27-13-17/h1-6,9-11,17,23-24H,7-8,12-13H2,(H,25,26)/t17-/m1/s1. The van der Waals surface area contributed by atoms with E-state index in [1.165, 1.54) is 5.56 Å². The normalized spacial score (nSPS) is 17.1. The van der Waals surface area contributed by atoms with E-state index in [4.69, 9.17) is 4.74 Å². The molecule has 1 fully saturated rings. The van der Waals surface area contributed by atoms with Crippen LogP contribution < -0.4 is 10.9 Å². The van der Waals surface area contributed by atoms with E-state index in [2.05, 4.69) is 39.6 Å². The maximum absolute atomic E-state index is 12.5. The molecule has 3 heterocycles. The van der Waals surface area contributed by atoms with E-state index in [1.807, 2.05) is 30.3 Å². The minimum atomic E-state index is -0.0802. The highest BCUT2D eigenvalue weighted by Gasteiger charge is 2.15. The molecular formula is C22H21N3O2. The van der Waals surface area contributed by atoms with Gasteiger partial charge in [-0.1, -0.05) is 24.3 Å². The van der Waals surface area contributed by atoms with Crippen LogP contribution in [0.4, 0.5) is 0 Å². The van der Waals surface area contributed by atoms with Gasteiger partial charge in [0, 0.05) is 35.6 Å². The molecule has 27 heavy (non-hydrogen) atoms. The number of aromatic nitrogens is 2. The van der Waals surface area contributed by atoms with Crippen LogP contribution in [0, 0.1) is 0 Å². The first-order valence-electron chi connectivity index (χ1n) is 9.31. The monoisotopic (exact) mass is 359 g/mol. The van der Waals surface area contributed by atoms with Gasteiger partial charge in [0.05, 0.1) is 17.9 Å². The minimum absolute atomic E-state index is 0.0802. The number of nitrogens with one attached hydrogen (secondary N) is 3. The van der Waals surface area contributed by atoms with Crippen LogP contribution >= 0.6 is 0 Å². The first kappa shape index (κ1) is 16.3. The molecule has 1 aliphatic rings. The molecule has 0 aliphatic carbocycles. The molecule has 5 heteroatoms. The molecule has 0 unspecified atom stereocenters. The molecule has 0 bridgehead atoms. The summed E-state index contributed by atoms with van der Waals surface area (Å²) in [5.41, 5.74) is 4.53. The van der Waals surface area contributed by atoms with Crippen LogP contribution in [0.25, 0.3) is 33.1 Å². The summed E-state index contributed by atoms with van der Waals surface area (Å²) in [7, 11) is 0. The van der Waals surface area contributed by atoms with Crippen LogP contribution in [0.5, 0.6) is 0 Å². The molecule has 2 aromatic carbocycles. The lowest BCUT2D eigenvalue weighted by Gasteiger charge is -2.10. The lowest BCUT2D eigenvalue weighted by molar-refractivity contribution is 0.190. The van der Waals surface area contributed by atoms with Crippen molar-refractivity contribution < 1.29 is 4.74 Å². The Morgan fingerprint density at radius 2 is 1.89 bits per heavy atom. The van der Waals surface area contributed by atoms with Crippen LogP contribution in [-0.4, -0.2) is 29.2 Å². The van der Waals surface area contributed by atoms with Crippen molar-refractivity contribution >= 4 is 21.8 Å². The molecule has 1 aliphatic heterocycles. The number of rotatable bonds is 4. The summed E-state index contributed by atoms with van der Waals surface area (Å²) >= 11 is 0. The van der Waals surface area contributed by atoms with Gasteiger partial charge in [-0.3, -0.25) is 4.79 Å². The predicted molar refractivity (Wildman–Crippen MR) is 108 cm³/mol. The molecule has 0 radical (unpaired) electrons. The third-order valence-electron chi connectivity index (χ3n) is 5.25. The highest BCUT2D eigenvalue weighted by molar-refractivity contribution is 5.89. The lowest BCUT2D eigenvalue weighted by atomic mass is 10.1. The second-order valence-corrected chi connectivity index (χ2v) is 7.15. The SMILES string of the molecule is O=c1[nH]c2ccccc2cc1-c1cc2cc(CN[C@@H]3CCOC3)ccc2[nH]1. The van der Waals surface area contributed by atoms with E-state index in [9.17, 15) is 4.79 Å². The first-order valence-corrected chi connectivity index (χ1v) is 9.31.